The molecule has 0 saturated carbocycles. The van der Waals surface area contributed by atoms with E-state index in [4.69, 9.17) is 4.74 Å². The first kappa shape index (κ1) is 24.8. The van der Waals surface area contributed by atoms with Crippen molar-refractivity contribution in [3.05, 3.63) is 65.9 Å². The number of nitrogens with one attached hydrogen (secondary N) is 3. The third-order valence-corrected chi connectivity index (χ3v) is 7.46. The van der Waals surface area contributed by atoms with Gasteiger partial charge in [-0.3, -0.25) is 4.79 Å². The van der Waals surface area contributed by atoms with Crippen molar-refractivity contribution in [2.45, 2.75) is 0 Å². The molecule has 1 aliphatic rings. The van der Waals surface area contributed by atoms with Gasteiger partial charge in [-0.25, -0.2) is 13.4 Å². The van der Waals surface area contributed by atoms with Crippen LogP contribution in [0.25, 0.3) is 0 Å². The summed E-state index contributed by atoms with van der Waals surface area (Å²) in [4.78, 5) is 18.6. The van der Waals surface area contributed by atoms with E-state index in [9.17, 15) is 18.5 Å². The third-order valence-electron chi connectivity index (χ3n) is 5.85. The van der Waals surface area contributed by atoms with Crippen molar-refractivity contribution in [3.63, 3.8) is 0 Å². The number of hydrogen-bond donors (Lipinski definition) is 3. The number of aromatic nitrogens is 1. The summed E-state index contributed by atoms with van der Waals surface area (Å²) in [6.45, 7) is 0.865. The molecule has 1 aliphatic heterocycles. The maximum atomic E-state index is 12.2. The van der Waals surface area contributed by atoms with Crippen molar-refractivity contribution < 1.29 is 17.9 Å². The predicted octanol–water partition coefficient (Wildman–Crippen LogP) is 3.04. The number of amides is 1. The smallest absolute Gasteiger partial charge is 0.253 e. The Bertz CT molecular complexity index is 1420. The molecule has 0 radical (unpaired) electrons. The van der Waals surface area contributed by atoms with Crippen LogP contribution in [0.3, 0.4) is 0 Å². The molecule has 186 valence electrons. The molecule has 3 N–H and O–H groups in total. The van der Waals surface area contributed by atoms with Crippen molar-refractivity contribution in [3.8, 4) is 11.8 Å². The second-order valence-corrected chi connectivity index (χ2v) is 10.4. The van der Waals surface area contributed by atoms with E-state index in [1.807, 2.05) is 23.1 Å². The first-order valence-electron chi connectivity index (χ1n) is 11.2. The van der Waals surface area contributed by atoms with Gasteiger partial charge in [0.1, 0.15) is 17.6 Å². The fraction of sp³-hybridized carbons (Fsp3) is 0.240. The average Bonchev–Trinajstić information content (AvgIpc) is 2.89. The van der Waals surface area contributed by atoms with Gasteiger partial charge in [0.2, 0.25) is 0 Å². The van der Waals surface area contributed by atoms with Crippen molar-refractivity contribution in [2.75, 3.05) is 54.3 Å². The van der Waals surface area contributed by atoms with Gasteiger partial charge in [0.15, 0.2) is 9.84 Å². The fourth-order valence-electron chi connectivity index (χ4n) is 3.87. The van der Waals surface area contributed by atoms with Crippen LogP contribution in [0.15, 0.2) is 54.7 Å². The number of rotatable bonds is 7. The van der Waals surface area contributed by atoms with E-state index >= 15 is 0 Å². The standard InChI is InChI=1S/C25H26N6O4S/c1-27-25(32)19-5-3-4-6-20(19)29-22-14-24(28-16-17(22)15-26)30-21-8-7-18(13-23(21)35-2)31-9-11-36(33,34)12-10-31/h3-8,13-14,16H,9-12H2,1-2H3,(H,27,32)(H2,28,29,30). The normalized spacial score (nSPS) is 14.4. The zero-order valence-corrected chi connectivity index (χ0v) is 20.7. The minimum Gasteiger partial charge on any atom is -0.494 e. The molecule has 2 heterocycles. The lowest BCUT2D eigenvalue weighted by molar-refractivity contribution is 0.0964. The number of hydrogen-bond acceptors (Lipinski definition) is 9. The molecule has 1 amide bonds. The lowest BCUT2D eigenvalue weighted by atomic mass is 10.1. The Morgan fingerprint density at radius 2 is 1.81 bits per heavy atom. The quantitative estimate of drug-likeness (QED) is 0.442. The molecule has 4 rings (SSSR count). The maximum absolute atomic E-state index is 12.2. The summed E-state index contributed by atoms with van der Waals surface area (Å²) < 4.78 is 29.1. The first-order valence-corrected chi connectivity index (χ1v) is 13.0. The molecule has 2 aromatic carbocycles. The first-order chi connectivity index (χ1) is 17.3. The SMILES string of the molecule is CNC(=O)c1ccccc1Nc1cc(Nc2ccc(N3CCS(=O)(=O)CC3)cc2OC)ncc1C#N. The van der Waals surface area contributed by atoms with Gasteiger partial charge in [-0.15, -0.1) is 0 Å². The monoisotopic (exact) mass is 506 g/mol. The number of sulfone groups is 1. The molecule has 0 bridgehead atoms. The van der Waals surface area contributed by atoms with Crippen LogP contribution in [0.5, 0.6) is 5.75 Å². The van der Waals surface area contributed by atoms with Crippen LogP contribution in [0.2, 0.25) is 0 Å². The fourth-order valence-corrected chi connectivity index (χ4v) is 5.08. The van der Waals surface area contributed by atoms with Gasteiger partial charge in [0.25, 0.3) is 5.91 Å². The van der Waals surface area contributed by atoms with Crippen LogP contribution in [0.1, 0.15) is 15.9 Å². The largest absolute Gasteiger partial charge is 0.494 e. The van der Waals surface area contributed by atoms with Gasteiger partial charge >= 0.3 is 0 Å². The summed E-state index contributed by atoms with van der Waals surface area (Å²) in [6, 6.07) is 16.4. The third kappa shape index (κ3) is 5.50. The van der Waals surface area contributed by atoms with E-state index in [-0.39, 0.29) is 17.4 Å². The molecule has 0 spiro atoms. The van der Waals surface area contributed by atoms with Gasteiger partial charge in [-0.1, -0.05) is 12.1 Å². The Morgan fingerprint density at radius 1 is 1.06 bits per heavy atom. The van der Waals surface area contributed by atoms with E-state index in [0.717, 1.165) is 5.69 Å². The molecule has 0 atom stereocenters. The maximum Gasteiger partial charge on any atom is 0.253 e. The molecule has 1 aromatic heterocycles. The lowest BCUT2D eigenvalue weighted by Crippen LogP contribution is -2.40. The molecule has 0 aliphatic carbocycles. The van der Waals surface area contributed by atoms with Crippen LogP contribution in [-0.2, 0) is 9.84 Å². The Morgan fingerprint density at radius 3 is 2.50 bits per heavy atom. The van der Waals surface area contributed by atoms with E-state index in [1.165, 1.54) is 6.20 Å². The van der Waals surface area contributed by atoms with E-state index < -0.39 is 9.84 Å². The van der Waals surface area contributed by atoms with Gasteiger partial charge in [0, 0.05) is 44.2 Å². The summed E-state index contributed by atoms with van der Waals surface area (Å²) in [5, 5.41) is 18.6. The molecule has 1 fully saturated rings. The van der Waals surface area contributed by atoms with Crippen LogP contribution in [-0.4, -0.2) is 58.1 Å². The van der Waals surface area contributed by atoms with Crippen molar-refractivity contribution in [2.24, 2.45) is 0 Å². The summed E-state index contributed by atoms with van der Waals surface area (Å²) in [6.07, 6.45) is 1.45. The summed E-state index contributed by atoms with van der Waals surface area (Å²) in [5.74, 6) is 1.03. The van der Waals surface area contributed by atoms with Crippen molar-refractivity contribution in [1.82, 2.24) is 10.3 Å². The zero-order valence-electron chi connectivity index (χ0n) is 19.9. The summed E-state index contributed by atoms with van der Waals surface area (Å²) in [7, 11) is 0.137. The van der Waals surface area contributed by atoms with Crippen molar-refractivity contribution >= 4 is 44.3 Å². The number of nitrogens with zero attached hydrogens (tertiary/aromatic N) is 3. The number of ether oxygens (including phenoxy) is 1. The molecule has 36 heavy (non-hydrogen) atoms. The Labute approximate surface area is 209 Å². The predicted molar refractivity (Wildman–Crippen MR) is 139 cm³/mol. The number of pyridine rings is 1. The van der Waals surface area contributed by atoms with Crippen LogP contribution in [0.4, 0.5) is 28.6 Å². The molecule has 3 aromatic rings. The molecule has 0 unspecified atom stereocenters. The Kier molecular flexibility index (Phi) is 7.26. The molecular formula is C25H26N6O4S. The molecule has 11 heteroatoms. The molecular weight excluding hydrogens is 480 g/mol. The Hall–Kier alpha value is -4.30. The van der Waals surface area contributed by atoms with Crippen LogP contribution in [0, 0.1) is 11.3 Å². The molecule has 1 saturated heterocycles. The van der Waals surface area contributed by atoms with Crippen molar-refractivity contribution in [1.29, 1.82) is 5.26 Å². The topological polar surface area (TPSA) is 136 Å². The number of carbonyl (C=O) groups excluding carboxylic acids is 1. The van der Waals surface area contributed by atoms with Crippen LogP contribution >= 0.6 is 0 Å². The summed E-state index contributed by atoms with van der Waals surface area (Å²) in [5.41, 5.74) is 3.31. The number of nitriles is 1. The number of para-hydroxylation sites is 1. The second-order valence-electron chi connectivity index (χ2n) is 8.13. The highest BCUT2D eigenvalue weighted by molar-refractivity contribution is 7.91. The average molecular weight is 507 g/mol. The van der Waals surface area contributed by atoms with E-state index in [0.29, 0.717) is 52.8 Å². The van der Waals surface area contributed by atoms with E-state index in [2.05, 4.69) is 27.0 Å². The van der Waals surface area contributed by atoms with Crippen LogP contribution < -0.4 is 25.6 Å². The second kappa shape index (κ2) is 10.5. The lowest BCUT2D eigenvalue weighted by Gasteiger charge is -2.29. The molecule has 10 nitrogen and oxygen atoms in total. The number of benzene rings is 2. The zero-order chi connectivity index (χ0) is 25.7. The number of methoxy groups -OCH3 is 1. The number of anilines is 5. The number of carbonyl (C=O) groups is 1. The van der Waals surface area contributed by atoms with E-state index in [1.54, 1.807) is 44.5 Å². The van der Waals surface area contributed by atoms with Gasteiger partial charge in [0.05, 0.1) is 46.8 Å². The van der Waals surface area contributed by atoms with Gasteiger partial charge in [-0.2, -0.15) is 5.26 Å². The Balaban J connectivity index is 1.59. The summed E-state index contributed by atoms with van der Waals surface area (Å²) >= 11 is 0. The highest BCUT2D eigenvalue weighted by Gasteiger charge is 2.22. The van der Waals surface area contributed by atoms with Gasteiger partial charge in [-0.05, 0) is 24.3 Å². The van der Waals surface area contributed by atoms with Gasteiger partial charge < -0.3 is 25.6 Å². The minimum atomic E-state index is -2.97. The highest BCUT2D eigenvalue weighted by atomic mass is 32.2. The minimum absolute atomic E-state index is 0.128. The highest BCUT2D eigenvalue weighted by Crippen LogP contribution is 2.33.